The SMILES string of the molecule is [B]OC(=O)CCCCCCCCC.[H-].[Na+]. The molecule has 0 aromatic carbocycles. The minimum absolute atomic E-state index is 0. The molecule has 0 unspecified atom stereocenters. The third-order valence-corrected chi connectivity index (χ3v) is 2.12. The van der Waals surface area contributed by atoms with E-state index in [2.05, 4.69) is 11.6 Å². The summed E-state index contributed by atoms with van der Waals surface area (Å²) in [5, 5.41) is 0. The van der Waals surface area contributed by atoms with E-state index in [1.54, 1.807) is 0 Å². The molecular weight excluding hydrogens is 186 g/mol. The molecule has 2 nitrogen and oxygen atoms in total. The van der Waals surface area contributed by atoms with E-state index in [1.165, 1.54) is 32.1 Å². The van der Waals surface area contributed by atoms with E-state index < -0.39 is 0 Å². The Bertz CT molecular complexity index is 137. The summed E-state index contributed by atoms with van der Waals surface area (Å²) < 4.78 is 4.06. The predicted molar refractivity (Wildman–Crippen MR) is 55.6 cm³/mol. The molecule has 2 radical (unpaired) electrons. The summed E-state index contributed by atoms with van der Waals surface area (Å²) in [5.74, 6) is -0.298. The first kappa shape index (κ1) is 16.9. The average Bonchev–Trinajstić information content (AvgIpc) is 2.16. The zero-order valence-electron chi connectivity index (χ0n) is 10.6. The predicted octanol–water partition coefficient (Wildman–Crippen LogP) is -0.130. The number of carbonyl (C=O) groups excluding carboxylic acids is 1. The molecule has 0 N–H and O–H groups in total. The van der Waals surface area contributed by atoms with E-state index in [0.29, 0.717) is 6.42 Å². The molecule has 0 atom stereocenters. The van der Waals surface area contributed by atoms with E-state index >= 15 is 0 Å². The molecule has 0 fully saturated rings. The van der Waals surface area contributed by atoms with Crippen molar-refractivity contribution in [2.45, 2.75) is 58.3 Å². The van der Waals surface area contributed by atoms with Gasteiger partial charge in [-0.2, -0.15) is 0 Å². The maximum atomic E-state index is 10.6. The van der Waals surface area contributed by atoms with Gasteiger partial charge in [0.25, 0.3) is 5.97 Å². The molecule has 0 aliphatic heterocycles. The van der Waals surface area contributed by atoms with Crippen LogP contribution in [0, 0.1) is 0 Å². The van der Waals surface area contributed by atoms with E-state index in [1.807, 2.05) is 0 Å². The van der Waals surface area contributed by atoms with Crippen LogP contribution in [0.5, 0.6) is 0 Å². The second-order valence-electron chi connectivity index (χ2n) is 3.36. The van der Waals surface area contributed by atoms with Gasteiger partial charge in [0.1, 0.15) is 0 Å². The number of carbonyl (C=O) groups is 1. The maximum Gasteiger partial charge on any atom is 1.00 e. The van der Waals surface area contributed by atoms with Crippen molar-refractivity contribution in [2.24, 2.45) is 0 Å². The summed E-state index contributed by atoms with van der Waals surface area (Å²) in [6.07, 6.45) is 8.90. The molecule has 4 heteroatoms. The fourth-order valence-corrected chi connectivity index (χ4v) is 1.29. The van der Waals surface area contributed by atoms with Gasteiger partial charge in [-0.15, -0.1) is 0 Å². The fraction of sp³-hybridized carbons (Fsp3) is 0.900. The Morgan fingerprint density at radius 1 is 1.14 bits per heavy atom. The Morgan fingerprint density at radius 2 is 1.64 bits per heavy atom. The molecule has 0 aromatic rings. The molecule has 14 heavy (non-hydrogen) atoms. The van der Waals surface area contributed by atoms with E-state index in [-0.39, 0.29) is 37.0 Å². The molecule has 0 bridgehead atoms. The van der Waals surface area contributed by atoms with Crippen LogP contribution in [-0.2, 0) is 9.45 Å². The van der Waals surface area contributed by atoms with Gasteiger partial charge in [-0.3, -0.25) is 4.79 Å². The second-order valence-corrected chi connectivity index (χ2v) is 3.36. The first-order valence-electron chi connectivity index (χ1n) is 5.20. The van der Waals surface area contributed by atoms with Crippen LogP contribution < -0.4 is 29.6 Å². The Hall–Kier alpha value is 0.535. The molecule has 0 aliphatic rings. The van der Waals surface area contributed by atoms with Crippen LogP contribution in [-0.4, -0.2) is 14.0 Å². The normalized spacial score (nSPS) is 9.21. The Kier molecular flexibility index (Phi) is 16.4. The molecule has 0 amide bonds. The standard InChI is InChI=1S/C10H19BO2.Na.H/c1-2-3-4-5-6-7-8-9-10(12)13-11;;/h2-9H2,1H3;;/q;+1;-1. The zero-order valence-corrected chi connectivity index (χ0v) is 11.6. The molecule has 0 saturated heterocycles. The molecule has 0 aromatic heterocycles. The minimum Gasteiger partial charge on any atom is -1.00 e. The van der Waals surface area contributed by atoms with Crippen molar-refractivity contribution < 1.29 is 40.4 Å². The van der Waals surface area contributed by atoms with Crippen molar-refractivity contribution in [3.05, 3.63) is 0 Å². The molecule has 0 heterocycles. The average molecular weight is 206 g/mol. The second kappa shape index (κ2) is 13.5. The van der Waals surface area contributed by atoms with E-state index in [4.69, 9.17) is 8.05 Å². The van der Waals surface area contributed by atoms with Crippen LogP contribution in [0.1, 0.15) is 59.7 Å². The zero-order chi connectivity index (χ0) is 9.94. The van der Waals surface area contributed by atoms with Gasteiger partial charge in [0.05, 0.1) is 0 Å². The smallest absolute Gasteiger partial charge is 1.00 e. The summed E-state index contributed by atoms with van der Waals surface area (Å²) in [7, 11) is 4.70. The molecule has 0 saturated carbocycles. The summed E-state index contributed by atoms with van der Waals surface area (Å²) in [6.45, 7) is 2.21. The molecule has 0 rings (SSSR count). The van der Waals surface area contributed by atoms with E-state index in [9.17, 15) is 4.79 Å². The van der Waals surface area contributed by atoms with Crippen molar-refractivity contribution in [3.63, 3.8) is 0 Å². The Morgan fingerprint density at radius 3 is 2.14 bits per heavy atom. The third kappa shape index (κ3) is 12.5. The van der Waals surface area contributed by atoms with Crippen LogP contribution in [0.3, 0.4) is 0 Å². The summed E-state index contributed by atoms with van der Waals surface area (Å²) >= 11 is 0. The van der Waals surface area contributed by atoms with Gasteiger partial charge < -0.3 is 6.08 Å². The van der Waals surface area contributed by atoms with Crippen molar-refractivity contribution >= 4 is 14.0 Å². The van der Waals surface area contributed by atoms with Crippen molar-refractivity contribution in [3.8, 4) is 0 Å². The number of hydrogen-bond acceptors (Lipinski definition) is 2. The third-order valence-electron chi connectivity index (χ3n) is 2.12. The van der Waals surface area contributed by atoms with Crippen LogP contribution in [0.4, 0.5) is 0 Å². The minimum atomic E-state index is -0.298. The Balaban J connectivity index is -0.000000720. The Labute approximate surface area is 112 Å². The van der Waals surface area contributed by atoms with Gasteiger partial charge in [0, 0.05) is 6.42 Å². The molecule has 0 aliphatic carbocycles. The monoisotopic (exact) mass is 206 g/mol. The van der Waals surface area contributed by atoms with Gasteiger partial charge in [-0.25, -0.2) is 0 Å². The van der Waals surface area contributed by atoms with Gasteiger partial charge >= 0.3 is 37.6 Å². The fourth-order valence-electron chi connectivity index (χ4n) is 1.29. The van der Waals surface area contributed by atoms with Crippen LogP contribution in [0.15, 0.2) is 0 Å². The summed E-state index contributed by atoms with van der Waals surface area (Å²) in [5.41, 5.74) is 0. The van der Waals surface area contributed by atoms with E-state index in [0.717, 1.165) is 12.8 Å². The quantitative estimate of drug-likeness (QED) is 0.408. The van der Waals surface area contributed by atoms with Crippen molar-refractivity contribution in [1.82, 2.24) is 0 Å². The van der Waals surface area contributed by atoms with Crippen molar-refractivity contribution in [2.75, 3.05) is 0 Å². The van der Waals surface area contributed by atoms with Gasteiger partial charge in [0.2, 0.25) is 0 Å². The maximum absolute atomic E-state index is 10.6. The van der Waals surface area contributed by atoms with Gasteiger partial charge in [-0.05, 0) is 6.42 Å². The molecule has 0 spiro atoms. The molecule has 76 valence electrons. The van der Waals surface area contributed by atoms with Crippen LogP contribution in [0.25, 0.3) is 0 Å². The topological polar surface area (TPSA) is 26.3 Å². The first-order valence-corrected chi connectivity index (χ1v) is 5.20. The number of hydrogen-bond donors (Lipinski definition) is 0. The largest absolute Gasteiger partial charge is 1.00 e. The molecular formula is C10H20BNaO2. The summed E-state index contributed by atoms with van der Waals surface area (Å²) in [6, 6.07) is 0. The first-order chi connectivity index (χ1) is 6.31. The number of rotatable bonds is 8. The van der Waals surface area contributed by atoms with Crippen molar-refractivity contribution in [1.29, 1.82) is 0 Å². The van der Waals surface area contributed by atoms with Crippen LogP contribution >= 0.6 is 0 Å². The summed E-state index contributed by atoms with van der Waals surface area (Å²) in [4.78, 5) is 10.6. The van der Waals surface area contributed by atoms with Crippen LogP contribution in [0.2, 0.25) is 0 Å². The van der Waals surface area contributed by atoms with Gasteiger partial charge in [0.15, 0.2) is 0 Å². The number of unbranched alkanes of at least 4 members (excludes halogenated alkanes) is 6. The van der Waals surface area contributed by atoms with Gasteiger partial charge in [-0.1, -0.05) is 45.4 Å².